The molecule has 0 saturated carbocycles. The molecule has 0 N–H and O–H groups in total. The number of carbonyl (C=O) groups excluding carboxylic acids is 1. The average molecular weight is 341 g/mol. The van der Waals surface area contributed by atoms with Crippen molar-refractivity contribution in [2.75, 3.05) is 0 Å². The van der Waals surface area contributed by atoms with E-state index in [0.29, 0.717) is 5.56 Å². The SMILES string of the molecule is CC(=O)c1ccc(-c2cn(-c3ccnc(-c4ccccn4)c3)nn2)cc1. The van der Waals surface area contributed by atoms with Crippen molar-refractivity contribution in [2.45, 2.75) is 6.92 Å². The summed E-state index contributed by atoms with van der Waals surface area (Å²) >= 11 is 0. The number of carbonyl (C=O) groups is 1. The molecule has 4 rings (SSSR count). The molecule has 1 aromatic carbocycles. The molecule has 0 radical (unpaired) electrons. The maximum atomic E-state index is 11.4. The van der Waals surface area contributed by atoms with Crippen LogP contribution in [-0.4, -0.2) is 30.7 Å². The molecule has 0 aliphatic carbocycles. The normalized spacial score (nSPS) is 10.7. The molecule has 6 heteroatoms. The predicted octanol–water partition coefficient (Wildman–Crippen LogP) is 3.59. The third kappa shape index (κ3) is 3.12. The van der Waals surface area contributed by atoms with Gasteiger partial charge in [-0.25, -0.2) is 4.68 Å². The number of Topliss-reactive ketones (excluding diaryl/α,β-unsaturated/α-hetero) is 1. The van der Waals surface area contributed by atoms with Crippen molar-refractivity contribution < 1.29 is 4.79 Å². The maximum absolute atomic E-state index is 11.4. The van der Waals surface area contributed by atoms with Crippen LogP contribution in [0.4, 0.5) is 0 Å². The van der Waals surface area contributed by atoms with Gasteiger partial charge in [-0.2, -0.15) is 0 Å². The van der Waals surface area contributed by atoms with E-state index >= 15 is 0 Å². The van der Waals surface area contributed by atoms with E-state index in [1.54, 1.807) is 36.1 Å². The van der Waals surface area contributed by atoms with Crippen molar-refractivity contribution in [3.8, 4) is 28.3 Å². The van der Waals surface area contributed by atoms with Crippen LogP contribution in [-0.2, 0) is 0 Å². The molecule has 4 aromatic rings. The Morgan fingerprint density at radius 2 is 1.69 bits per heavy atom. The number of hydrogen-bond donors (Lipinski definition) is 0. The summed E-state index contributed by atoms with van der Waals surface area (Å²) in [7, 11) is 0. The van der Waals surface area contributed by atoms with Gasteiger partial charge in [0.1, 0.15) is 5.69 Å². The van der Waals surface area contributed by atoms with Gasteiger partial charge in [-0.1, -0.05) is 35.5 Å². The summed E-state index contributed by atoms with van der Waals surface area (Å²) < 4.78 is 1.70. The van der Waals surface area contributed by atoms with Crippen LogP contribution in [0.2, 0.25) is 0 Å². The zero-order chi connectivity index (χ0) is 17.9. The Balaban J connectivity index is 1.65. The zero-order valence-electron chi connectivity index (χ0n) is 14.1. The summed E-state index contributed by atoms with van der Waals surface area (Å²) in [6.45, 7) is 1.55. The summed E-state index contributed by atoms with van der Waals surface area (Å²) in [6.07, 6.45) is 5.31. The molecule has 0 atom stereocenters. The van der Waals surface area contributed by atoms with Crippen molar-refractivity contribution >= 4 is 5.78 Å². The van der Waals surface area contributed by atoms with E-state index in [1.165, 1.54) is 0 Å². The highest BCUT2D eigenvalue weighted by molar-refractivity contribution is 5.94. The summed E-state index contributed by atoms with van der Waals surface area (Å²) in [5, 5.41) is 8.44. The van der Waals surface area contributed by atoms with Gasteiger partial charge in [0, 0.05) is 23.5 Å². The molecular weight excluding hydrogens is 326 g/mol. The minimum absolute atomic E-state index is 0.0408. The van der Waals surface area contributed by atoms with Gasteiger partial charge < -0.3 is 0 Å². The third-order valence-corrected chi connectivity index (χ3v) is 4.02. The molecule has 0 fully saturated rings. The molecule has 0 amide bonds. The number of hydrogen-bond acceptors (Lipinski definition) is 5. The lowest BCUT2D eigenvalue weighted by molar-refractivity contribution is 0.101. The molecule has 0 spiro atoms. The largest absolute Gasteiger partial charge is 0.295 e. The van der Waals surface area contributed by atoms with Crippen LogP contribution in [0.3, 0.4) is 0 Å². The summed E-state index contributed by atoms with van der Waals surface area (Å²) in [4.78, 5) is 20.1. The van der Waals surface area contributed by atoms with Crippen LogP contribution in [0.15, 0.2) is 73.2 Å². The summed E-state index contributed by atoms with van der Waals surface area (Å²) in [6, 6.07) is 16.8. The number of aromatic nitrogens is 5. The molecule has 0 aliphatic rings. The molecule has 6 nitrogen and oxygen atoms in total. The molecule has 0 bridgehead atoms. The fraction of sp³-hybridized carbons (Fsp3) is 0.0500. The first-order chi connectivity index (χ1) is 12.7. The van der Waals surface area contributed by atoms with Crippen LogP contribution in [0, 0.1) is 0 Å². The van der Waals surface area contributed by atoms with E-state index < -0.39 is 0 Å². The quantitative estimate of drug-likeness (QED) is 0.530. The number of benzene rings is 1. The van der Waals surface area contributed by atoms with Gasteiger partial charge in [-0.3, -0.25) is 14.8 Å². The predicted molar refractivity (Wildman–Crippen MR) is 97.8 cm³/mol. The molecule has 3 aromatic heterocycles. The summed E-state index contributed by atoms with van der Waals surface area (Å²) in [5.74, 6) is 0.0408. The average Bonchev–Trinajstić information content (AvgIpc) is 3.19. The smallest absolute Gasteiger partial charge is 0.159 e. The van der Waals surface area contributed by atoms with Gasteiger partial charge in [-0.15, -0.1) is 5.10 Å². The van der Waals surface area contributed by atoms with Crippen molar-refractivity contribution in [1.82, 2.24) is 25.0 Å². The van der Waals surface area contributed by atoms with E-state index in [9.17, 15) is 4.79 Å². The van der Waals surface area contributed by atoms with Crippen LogP contribution in [0.1, 0.15) is 17.3 Å². The Morgan fingerprint density at radius 3 is 2.42 bits per heavy atom. The number of nitrogens with zero attached hydrogens (tertiary/aromatic N) is 5. The lowest BCUT2D eigenvalue weighted by Crippen LogP contribution is -1.96. The second kappa shape index (κ2) is 6.68. The minimum atomic E-state index is 0.0408. The van der Waals surface area contributed by atoms with Crippen LogP contribution >= 0.6 is 0 Å². The van der Waals surface area contributed by atoms with E-state index in [4.69, 9.17) is 0 Å². The van der Waals surface area contributed by atoms with E-state index in [1.807, 2.05) is 48.7 Å². The third-order valence-electron chi connectivity index (χ3n) is 4.02. The monoisotopic (exact) mass is 341 g/mol. The van der Waals surface area contributed by atoms with Gasteiger partial charge in [0.2, 0.25) is 0 Å². The second-order valence-corrected chi connectivity index (χ2v) is 5.80. The fourth-order valence-corrected chi connectivity index (χ4v) is 2.61. The molecule has 3 heterocycles. The Bertz CT molecular complexity index is 1060. The van der Waals surface area contributed by atoms with E-state index in [2.05, 4.69) is 20.3 Å². The van der Waals surface area contributed by atoms with Gasteiger partial charge in [-0.05, 0) is 31.2 Å². The zero-order valence-corrected chi connectivity index (χ0v) is 14.1. The van der Waals surface area contributed by atoms with Crippen molar-refractivity contribution in [2.24, 2.45) is 0 Å². The minimum Gasteiger partial charge on any atom is -0.295 e. The van der Waals surface area contributed by atoms with Crippen LogP contribution in [0.25, 0.3) is 28.3 Å². The lowest BCUT2D eigenvalue weighted by Gasteiger charge is -2.03. The highest BCUT2D eigenvalue weighted by Crippen LogP contribution is 2.20. The molecule has 0 saturated heterocycles. The van der Waals surface area contributed by atoms with Crippen molar-refractivity contribution in [1.29, 1.82) is 0 Å². The van der Waals surface area contributed by atoms with Gasteiger partial charge in [0.25, 0.3) is 0 Å². The first-order valence-corrected chi connectivity index (χ1v) is 8.12. The van der Waals surface area contributed by atoms with Crippen molar-refractivity contribution in [3.63, 3.8) is 0 Å². The number of pyridine rings is 2. The Labute approximate surface area is 150 Å². The van der Waals surface area contributed by atoms with Gasteiger partial charge in [0.15, 0.2) is 5.78 Å². The van der Waals surface area contributed by atoms with E-state index in [0.717, 1.165) is 28.3 Å². The molecule has 126 valence electrons. The maximum Gasteiger partial charge on any atom is 0.159 e. The first kappa shape index (κ1) is 15.8. The Morgan fingerprint density at radius 1 is 0.885 bits per heavy atom. The summed E-state index contributed by atoms with van der Waals surface area (Å²) in [5.41, 5.74) is 4.73. The van der Waals surface area contributed by atoms with Crippen LogP contribution in [0.5, 0.6) is 0 Å². The molecular formula is C20H15N5O. The fourth-order valence-electron chi connectivity index (χ4n) is 2.61. The van der Waals surface area contributed by atoms with E-state index in [-0.39, 0.29) is 5.78 Å². The second-order valence-electron chi connectivity index (χ2n) is 5.80. The molecule has 0 aliphatic heterocycles. The van der Waals surface area contributed by atoms with Crippen molar-refractivity contribution in [3.05, 3.63) is 78.8 Å². The van der Waals surface area contributed by atoms with Gasteiger partial charge in [0.05, 0.1) is 23.3 Å². The highest BCUT2D eigenvalue weighted by Gasteiger charge is 2.08. The standard InChI is InChI=1S/C20H15N5O/c1-14(26)15-5-7-16(8-6-15)20-13-25(24-23-20)17-9-11-22-19(12-17)18-4-2-3-10-21-18/h2-13H,1H3. The number of rotatable bonds is 4. The molecule has 0 unspecified atom stereocenters. The number of ketones is 1. The Hall–Kier alpha value is -3.67. The van der Waals surface area contributed by atoms with Crippen LogP contribution < -0.4 is 0 Å². The topological polar surface area (TPSA) is 73.6 Å². The van der Waals surface area contributed by atoms with Gasteiger partial charge >= 0.3 is 0 Å². The lowest BCUT2D eigenvalue weighted by atomic mass is 10.1. The first-order valence-electron chi connectivity index (χ1n) is 8.12. The Kier molecular flexibility index (Phi) is 4.07. The molecule has 26 heavy (non-hydrogen) atoms. The highest BCUT2D eigenvalue weighted by atomic mass is 16.1.